The van der Waals surface area contributed by atoms with E-state index in [0.717, 1.165) is 28.4 Å². The number of methoxy groups -OCH3 is 1. The minimum Gasteiger partial charge on any atom is -0.497 e. The molecule has 0 atom stereocenters. The van der Waals surface area contributed by atoms with Crippen LogP contribution in [0.4, 0.5) is 17.1 Å². The standard InChI is InChI=1S/C36H29NO/c1-26-8-14-29-25-32-23-28(11-15-30(32)24-31(29)22-26)10-9-27-12-16-34(17-13-27)37(33-6-4-3-5-7-33)35-18-20-36(38-2)21-19-35/h3-25H,1-2H3. The molecule has 2 heteroatoms. The van der Waals surface area contributed by atoms with Crippen molar-refractivity contribution in [3.63, 3.8) is 0 Å². The molecule has 0 radical (unpaired) electrons. The van der Waals surface area contributed by atoms with Gasteiger partial charge in [0.05, 0.1) is 7.11 Å². The molecule has 0 N–H and O–H groups in total. The number of anilines is 3. The van der Waals surface area contributed by atoms with Crippen molar-refractivity contribution in [2.75, 3.05) is 12.0 Å². The fraction of sp³-hybridized carbons (Fsp3) is 0.0556. The maximum atomic E-state index is 5.36. The lowest BCUT2D eigenvalue weighted by atomic mass is 10.00. The lowest BCUT2D eigenvalue weighted by Gasteiger charge is -2.25. The molecule has 0 spiro atoms. The topological polar surface area (TPSA) is 12.5 Å². The molecule has 0 aliphatic carbocycles. The fourth-order valence-corrected chi connectivity index (χ4v) is 4.92. The normalized spacial score (nSPS) is 11.3. The molecule has 0 aliphatic rings. The van der Waals surface area contributed by atoms with Gasteiger partial charge in [0, 0.05) is 17.1 Å². The van der Waals surface area contributed by atoms with Crippen molar-refractivity contribution < 1.29 is 4.74 Å². The maximum absolute atomic E-state index is 5.36. The second-order valence-corrected chi connectivity index (χ2v) is 9.60. The van der Waals surface area contributed by atoms with Gasteiger partial charge in [0.25, 0.3) is 0 Å². The average molecular weight is 492 g/mol. The summed E-state index contributed by atoms with van der Waals surface area (Å²) in [6, 6.07) is 45.1. The highest BCUT2D eigenvalue weighted by atomic mass is 16.5. The van der Waals surface area contributed by atoms with Crippen molar-refractivity contribution in [2.24, 2.45) is 0 Å². The molecule has 0 bridgehead atoms. The summed E-state index contributed by atoms with van der Waals surface area (Å²) in [5.41, 5.74) is 6.94. The van der Waals surface area contributed by atoms with E-state index in [-0.39, 0.29) is 0 Å². The number of nitrogens with zero attached hydrogens (tertiary/aromatic N) is 1. The van der Waals surface area contributed by atoms with E-state index in [1.165, 1.54) is 32.7 Å². The summed E-state index contributed by atoms with van der Waals surface area (Å²) in [6.45, 7) is 2.14. The third-order valence-electron chi connectivity index (χ3n) is 6.94. The first-order valence-electron chi connectivity index (χ1n) is 12.9. The third-order valence-corrected chi connectivity index (χ3v) is 6.94. The van der Waals surface area contributed by atoms with Crippen LogP contribution in [0.5, 0.6) is 5.75 Å². The Morgan fingerprint density at radius 1 is 0.500 bits per heavy atom. The van der Waals surface area contributed by atoms with E-state index in [0.29, 0.717) is 0 Å². The summed E-state index contributed by atoms with van der Waals surface area (Å²) >= 11 is 0. The first-order chi connectivity index (χ1) is 18.7. The van der Waals surface area contributed by atoms with Crippen LogP contribution in [0.15, 0.2) is 127 Å². The number of hydrogen-bond donors (Lipinski definition) is 0. The van der Waals surface area contributed by atoms with E-state index in [2.05, 4.69) is 133 Å². The van der Waals surface area contributed by atoms with Crippen LogP contribution in [-0.2, 0) is 0 Å². The van der Waals surface area contributed by atoms with E-state index in [1.54, 1.807) is 7.11 Å². The quantitative estimate of drug-likeness (QED) is 0.170. The molecule has 0 saturated heterocycles. The SMILES string of the molecule is COc1ccc(N(c2ccccc2)c2ccc(C=Cc3ccc4cc5cc(C)ccc5cc4c3)cc2)cc1. The number of rotatable bonds is 6. The van der Waals surface area contributed by atoms with Gasteiger partial charge in [-0.3, -0.25) is 0 Å². The Balaban J connectivity index is 1.27. The molecule has 2 nitrogen and oxygen atoms in total. The molecule has 6 rings (SSSR count). The smallest absolute Gasteiger partial charge is 0.119 e. The summed E-state index contributed by atoms with van der Waals surface area (Å²) in [6.07, 6.45) is 4.36. The van der Waals surface area contributed by atoms with E-state index in [1.807, 2.05) is 18.2 Å². The predicted molar refractivity (Wildman–Crippen MR) is 163 cm³/mol. The Kier molecular flexibility index (Phi) is 6.37. The van der Waals surface area contributed by atoms with Crippen LogP contribution < -0.4 is 9.64 Å². The number of benzene rings is 6. The lowest BCUT2D eigenvalue weighted by molar-refractivity contribution is 0.415. The second kappa shape index (κ2) is 10.3. The molecule has 0 fully saturated rings. The van der Waals surface area contributed by atoms with Gasteiger partial charge in [-0.2, -0.15) is 0 Å². The van der Waals surface area contributed by atoms with Gasteiger partial charge >= 0.3 is 0 Å². The Labute approximate surface area is 224 Å². The van der Waals surface area contributed by atoms with Crippen LogP contribution in [0.3, 0.4) is 0 Å². The van der Waals surface area contributed by atoms with Gasteiger partial charge in [-0.05, 0) is 106 Å². The summed E-state index contributed by atoms with van der Waals surface area (Å²) in [5.74, 6) is 0.847. The Morgan fingerprint density at radius 2 is 1.05 bits per heavy atom. The fourth-order valence-electron chi connectivity index (χ4n) is 4.92. The summed E-state index contributed by atoms with van der Waals surface area (Å²) in [7, 11) is 1.69. The maximum Gasteiger partial charge on any atom is 0.119 e. The van der Waals surface area contributed by atoms with Crippen molar-refractivity contribution in [1.82, 2.24) is 0 Å². The van der Waals surface area contributed by atoms with E-state index >= 15 is 0 Å². The number of fused-ring (bicyclic) bond motifs is 2. The number of para-hydroxylation sites is 1. The molecule has 0 amide bonds. The first kappa shape index (κ1) is 23.6. The average Bonchev–Trinajstić information content (AvgIpc) is 2.97. The van der Waals surface area contributed by atoms with E-state index in [4.69, 9.17) is 4.74 Å². The van der Waals surface area contributed by atoms with Crippen LogP contribution in [-0.4, -0.2) is 7.11 Å². The number of aryl methyl sites for hydroxylation is 1. The molecule has 0 aliphatic heterocycles. The van der Waals surface area contributed by atoms with Crippen LogP contribution >= 0.6 is 0 Å². The molecule has 6 aromatic carbocycles. The largest absolute Gasteiger partial charge is 0.497 e. The molecule has 0 aromatic heterocycles. The van der Waals surface area contributed by atoms with Gasteiger partial charge in [-0.25, -0.2) is 0 Å². The van der Waals surface area contributed by atoms with Crippen molar-refractivity contribution in [3.8, 4) is 5.75 Å². The molecular weight excluding hydrogens is 462 g/mol. The highest BCUT2D eigenvalue weighted by Gasteiger charge is 2.12. The van der Waals surface area contributed by atoms with Crippen molar-refractivity contribution in [1.29, 1.82) is 0 Å². The Hall–Kier alpha value is -4.82. The second-order valence-electron chi connectivity index (χ2n) is 9.60. The van der Waals surface area contributed by atoms with Gasteiger partial charge in [0.15, 0.2) is 0 Å². The minimum atomic E-state index is 0.847. The molecule has 6 aromatic rings. The van der Waals surface area contributed by atoms with Gasteiger partial charge in [0.1, 0.15) is 5.75 Å². The Morgan fingerprint density at radius 3 is 1.74 bits per heavy atom. The van der Waals surface area contributed by atoms with Crippen molar-refractivity contribution >= 4 is 50.8 Å². The Bertz CT molecular complexity index is 1730. The van der Waals surface area contributed by atoms with Gasteiger partial charge < -0.3 is 9.64 Å². The predicted octanol–water partition coefficient (Wildman–Crippen LogP) is 9.95. The van der Waals surface area contributed by atoms with Crippen LogP contribution in [0, 0.1) is 6.92 Å². The lowest BCUT2D eigenvalue weighted by Crippen LogP contribution is -2.09. The van der Waals surface area contributed by atoms with E-state index < -0.39 is 0 Å². The molecule has 0 heterocycles. The molecule has 0 saturated carbocycles. The highest BCUT2D eigenvalue weighted by Crippen LogP contribution is 2.35. The first-order valence-corrected chi connectivity index (χ1v) is 12.9. The molecule has 38 heavy (non-hydrogen) atoms. The summed E-state index contributed by atoms with van der Waals surface area (Å²) < 4.78 is 5.36. The van der Waals surface area contributed by atoms with Crippen LogP contribution in [0.1, 0.15) is 16.7 Å². The van der Waals surface area contributed by atoms with Crippen LogP contribution in [0.25, 0.3) is 33.7 Å². The molecule has 184 valence electrons. The van der Waals surface area contributed by atoms with Crippen LogP contribution in [0.2, 0.25) is 0 Å². The number of ether oxygens (including phenoxy) is 1. The molecule has 0 unspecified atom stereocenters. The van der Waals surface area contributed by atoms with Gasteiger partial charge in [-0.1, -0.05) is 78.4 Å². The van der Waals surface area contributed by atoms with Crippen molar-refractivity contribution in [3.05, 3.63) is 144 Å². The minimum absolute atomic E-state index is 0.847. The zero-order valence-corrected chi connectivity index (χ0v) is 21.6. The monoisotopic (exact) mass is 491 g/mol. The zero-order chi connectivity index (χ0) is 25.9. The summed E-state index contributed by atoms with van der Waals surface area (Å²) in [4.78, 5) is 2.25. The van der Waals surface area contributed by atoms with Gasteiger partial charge in [0.2, 0.25) is 0 Å². The third kappa shape index (κ3) is 4.89. The number of hydrogen-bond acceptors (Lipinski definition) is 2. The van der Waals surface area contributed by atoms with E-state index in [9.17, 15) is 0 Å². The van der Waals surface area contributed by atoms with Crippen molar-refractivity contribution in [2.45, 2.75) is 6.92 Å². The summed E-state index contributed by atoms with van der Waals surface area (Å²) in [5, 5.41) is 5.10. The highest BCUT2D eigenvalue weighted by molar-refractivity contribution is 5.99. The van der Waals surface area contributed by atoms with Gasteiger partial charge in [-0.15, -0.1) is 0 Å². The molecular formula is C36H29NO. The zero-order valence-electron chi connectivity index (χ0n) is 21.6.